The van der Waals surface area contributed by atoms with Gasteiger partial charge in [0, 0.05) is 5.57 Å². The summed E-state index contributed by atoms with van der Waals surface area (Å²) in [4.78, 5) is 0. The molecule has 4 heteroatoms. The number of ether oxygens (including phenoxy) is 1. The molecule has 1 nitrogen and oxygen atoms in total. The Kier molecular flexibility index (Phi) is 8.43. The maximum absolute atomic E-state index is 14.1. The minimum absolute atomic E-state index is 0.179. The van der Waals surface area contributed by atoms with Crippen molar-refractivity contribution in [2.45, 2.75) is 19.8 Å². The number of hydrogen-bond acceptors (Lipinski definition) is 1. The lowest BCUT2D eigenvalue weighted by molar-refractivity contribution is 0.224. The standard InChI is InChI=1S/C22H23F3O/c1-6-26-18(5)22(25)21(24)17(4)16(3)12-10-15(2)11-13-19-8-7-9-20(23)14-19/h7-10,12,14H,2-6,11,13H2,1H3/b12-10-,22-21-. The zero-order valence-electron chi connectivity index (χ0n) is 15.0. The second-order valence-electron chi connectivity index (χ2n) is 5.61. The highest BCUT2D eigenvalue weighted by Crippen LogP contribution is 2.27. The highest BCUT2D eigenvalue weighted by atomic mass is 19.2. The molecule has 0 aliphatic heterocycles. The highest BCUT2D eigenvalue weighted by Gasteiger charge is 2.15. The maximum atomic E-state index is 14.1. The van der Waals surface area contributed by atoms with Gasteiger partial charge in [0.15, 0.2) is 11.6 Å². The normalized spacial score (nSPS) is 11.8. The SMILES string of the molecule is C=C(/C=C\C(=C)C(=C)/C(F)=C(/F)C(=C)OCC)CCc1cccc(F)c1. The molecule has 1 rings (SSSR count). The van der Waals surface area contributed by atoms with Gasteiger partial charge >= 0.3 is 0 Å². The largest absolute Gasteiger partial charge is 0.491 e. The van der Waals surface area contributed by atoms with E-state index in [-0.39, 0.29) is 29.3 Å². The van der Waals surface area contributed by atoms with Gasteiger partial charge in [-0.15, -0.1) is 0 Å². The first-order valence-corrected chi connectivity index (χ1v) is 8.12. The number of benzene rings is 1. The van der Waals surface area contributed by atoms with Crippen molar-refractivity contribution in [1.82, 2.24) is 0 Å². The quantitative estimate of drug-likeness (QED) is 0.334. The lowest BCUT2D eigenvalue weighted by atomic mass is 10.0. The van der Waals surface area contributed by atoms with E-state index in [0.29, 0.717) is 12.8 Å². The molecular weight excluding hydrogens is 337 g/mol. The van der Waals surface area contributed by atoms with Crippen LogP contribution in [0.25, 0.3) is 0 Å². The molecule has 26 heavy (non-hydrogen) atoms. The monoisotopic (exact) mass is 360 g/mol. The van der Waals surface area contributed by atoms with Gasteiger partial charge in [-0.2, -0.15) is 4.39 Å². The van der Waals surface area contributed by atoms with Crippen LogP contribution in [0, 0.1) is 5.82 Å². The van der Waals surface area contributed by atoms with Crippen LogP contribution in [0.15, 0.2) is 96.9 Å². The van der Waals surface area contributed by atoms with E-state index < -0.39 is 11.7 Å². The number of rotatable bonds is 10. The summed E-state index contributed by atoms with van der Waals surface area (Å²) in [5.74, 6) is -3.03. The Morgan fingerprint density at radius 3 is 2.38 bits per heavy atom. The summed E-state index contributed by atoms with van der Waals surface area (Å²) >= 11 is 0. The molecule has 0 spiro atoms. The van der Waals surface area contributed by atoms with Gasteiger partial charge in [-0.3, -0.25) is 0 Å². The summed E-state index contributed by atoms with van der Waals surface area (Å²) < 4.78 is 45.9. The van der Waals surface area contributed by atoms with Gasteiger partial charge in [0.25, 0.3) is 0 Å². The zero-order valence-corrected chi connectivity index (χ0v) is 15.0. The van der Waals surface area contributed by atoms with E-state index >= 15 is 0 Å². The molecule has 1 aromatic carbocycles. The second-order valence-corrected chi connectivity index (χ2v) is 5.61. The smallest absolute Gasteiger partial charge is 0.200 e. The molecule has 0 radical (unpaired) electrons. The predicted octanol–water partition coefficient (Wildman–Crippen LogP) is 6.68. The van der Waals surface area contributed by atoms with E-state index in [1.807, 2.05) is 6.07 Å². The van der Waals surface area contributed by atoms with E-state index in [4.69, 9.17) is 4.74 Å². The molecule has 0 saturated heterocycles. The van der Waals surface area contributed by atoms with Crippen LogP contribution in [-0.4, -0.2) is 6.61 Å². The lowest BCUT2D eigenvalue weighted by Gasteiger charge is -2.08. The van der Waals surface area contributed by atoms with Crippen molar-refractivity contribution < 1.29 is 17.9 Å². The fourth-order valence-corrected chi connectivity index (χ4v) is 2.03. The summed E-state index contributed by atoms with van der Waals surface area (Å²) in [5, 5.41) is 0. The number of halogens is 3. The number of aryl methyl sites for hydroxylation is 1. The van der Waals surface area contributed by atoms with Crippen molar-refractivity contribution in [2.24, 2.45) is 0 Å². The predicted molar refractivity (Wildman–Crippen MR) is 101 cm³/mol. The van der Waals surface area contributed by atoms with Gasteiger partial charge < -0.3 is 4.74 Å². The Hall–Kier alpha value is -2.75. The van der Waals surface area contributed by atoms with Gasteiger partial charge in [-0.05, 0) is 43.0 Å². The third-order valence-electron chi connectivity index (χ3n) is 3.55. The number of allylic oxidation sites excluding steroid dienone is 7. The third kappa shape index (κ3) is 6.63. The molecule has 0 unspecified atom stereocenters. The Labute approximate surface area is 153 Å². The molecule has 0 aliphatic carbocycles. The molecule has 0 aliphatic rings. The molecule has 0 bridgehead atoms. The maximum Gasteiger partial charge on any atom is 0.200 e. The molecule has 0 saturated carbocycles. The fraction of sp³-hybridized carbons (Fsp3) is 0.182. The molecule has 138 valence electrons. The van der Waals surface area contributed by atoms with Crippen LogP contribution >= 0.6 is 0 Å². The van der Waals surface area contributed by atoms with Crippen molar-refractivity contribution in [3.63, 3.8) is 0 Å². The Bertz CT molecular complexity index is 769. The fourth-order valence-electron chi connectivity index (χ4n) is 2.03. The molecule has 0 N–H and O–H groups in total. The first kappa shape index (κ1) is 21.3. The van der Waals surface area contributed by atoms with Gasteiger partial charge in [0.2, 0.25) is 5.83 Å². The first-order chi connectivity index (χ1) is 12.3. The Morgan fingerprint density at radius 2 is 1.77 bits per heavy atom. The van der Waals surface area contributed by atoms with Crippen molar-refractivity contribution >= 4 is 0 Å². The van der Waals surface area contributed by atoms with E-state index in [2.05, 4.69) is 26.3 Å². The van der Waals surface area contributed by atoms with E-state index in [9.17, 15) is 13.2 Å². The van der Waals surface area contributed by atoms with Crippen LogP contribution in [0.5, 0.6) is 0 Å². The number of hydrogen-bond donors (Lipinski definition) is 0. The lowest BCUT2D eigenvalue weighted by Crippen LogP contribution is -1.95. The molecule has 1 aromatic rings. The third-order valence-corrected chi connectivity index (χ3v) is 3.55. The minimum Gasteiger partial charge on any atom is -0.491 e. The van der Waals surface area contributed by atoms with Gasteiger partial charge in [-0.1, -0.05) is 56.2 Å². The molecule has 0 fully saturated rings. The second kappa shape index (κ2) is 10.3. The summed E-state index contributed by atoms with van der Waals surface area (Å²) in [6.45, 7) is 16.2. The van der Waals surface area contributed by atoms with E-state index in [1.165, 1.54) is 18.2 Å². The average molecular weight is 360 g/mol. The molecule has 0 atom stereocenters. The summed E-state index contributed by atoms with van der Waals surface area (Å²) in [5.41, 5.74) is 1.60. The molecule has 0 aromatic heterocycles. The minimum atomic E-state index is -1.20. The summed E-state index contributed by atoms with van der Waals surface area (Å²) in [6.07, 6.45) is 4.36. The van der Waals surface area contributed by atoms with Crippen LogP contribution < -0.4 is 0 Å². The van der Waals surface area contributed by atoms with Gasteiger partial charge in [0.05, 0.1) is 6.61 Å². The van der Waals surface area contributed by atoms with Crippen LogP contribution in [0.2, 0.25) is 0 Å². The zero-order chi connectivity index (χ0) is 19.7. The van der Waals surface area contributed by atoms with Crippen LogP contribution in [0.3, 0.4) is 0 Å². The van der Waals surface area contributed by atoms with Crippen molar-refractivity contribution in [2.75, 3.05) is 6.61 Å². The topological polar surface area (TPSA) is 9.23 Å². The summed E-state index contributed by atoms with van der Waals surface area (Å²) in [7, 11) is 0. The Balaban J connectivity index is 2.64. The van der Waals surface area contributed by atoms with Crippen LogP contribution in [0.4, 0.5) is 13.2 Å². The average Bonchev–Trinajstić information content (AvgIpc) is 2.62. The van der Waals surface area contributed by atoms with Gasteiger partial charge in [-0.25, -0.2) is 8.78 Å². The van der Waals surface area contributed by atoms with E-state index in [1.54, 1.807) is 19.1 Å². The van der Waals surface area contributed by atoms with E-state index in [0.717, 1.165) is 11.1 Å². The first-order valence-electron chi connectivity index (χ1n) is 8.12. The summed E-state index contributed by atoms with van der Waals surface area (Å²) in [6, 6.07) is 6.32. The molecule has 0 heterocycles. The Morgan fingerprint density at radius 1 is 1.08 bits per heavy atom. The molecular formula is C22H23F3O. The van der Waals surface area contributed by atoms with Crippen molar-refractivity contribution in [3.05, 3.63) is 108 Å². The van der Waals surface area contributed by atoms with Crippen LogP contribution in [0.1, 0.15) is 18.9 Å². The van der Waals surface area contributed by atoms with Crippen LogP contribution in [-0.2, 0) is 11.2 Å². The molecule has 0 amide bonds. The van der Waals surface area contributed by atoms with Crippen molar-refractivity contribution in [1.29, 1.82) is 0 Å². The highest BCUT2D eigenvalue weighted by molar-refractivity contribution is 5.49. The van der Waals surface area contributed by atoms with Crippen molar-refractivity contribution in [3.8, 4) is 0 Å². The van der Waals surface area contributed by atoms with Gasteiger partial charge in [0.1, 0.15) is 5.82 Å².